The lowest BCUT2D eigenvalue weighted by Crippen LogP contribution is -1.89. The van der Waals surface area contributed by atoms with Crippen LogP contribution in [0.1, 0.15) is 5.56 Å². The lowest BCUT2D eigenvalue weighted by atomic mass is 10.2. The van der Waals surface area contributed by atoms with Crippen LogP contribution in [0.3, 0.4) is 0 Å². The van der Waals surface area contributed by atoms with Gasteiger partial charge in [0.05, 0.1) is 21.7 Å². The molecule has 0 aliphatic rings. The summed E-state index contributed by atoms with van der Waals surface area (Å²) < 4.78 is 6.31. The summed E-state index contributed by atoms with van der Waals surface area (Å²) in [6.45, 7) is -0.0785. The second kappa shape index (κ2) is 6.33. The van der Waals surface area contributed by atoms with Crippen LogP contribution in [0.2, 0.25) is 15.1 Å². The number of benzene rings is 2. The summed E-state index contributed by atoms with van der Waals surface area (Å²) in [5.41, 5.74) is 0.706. The Morgan fingerprint density at radius 1 is 0.947 bits per heavy atom. The van der Waals surface area contributed by atoms with Crippen molar-refractivity contribution in [1.29, 1.82) is 0 Å². The highest BCUT2D eigenvalue weighted by molar-refractivity contribution is 9.10. The van der Waals surface area contributed by atoms with Crippen molar-refractivity contribution in [1.82, 2.24) is 0 Å². The van der Waals surface area contributed by atoms with Crippen LogP contribution in [0.15, 0.2) is 34.8 Å². The predicted octanol–water partition coefficient (Wildman–Crippen LogP) is 5.69. The number of rotatable bonds is 3. The molecule has 0 aliphatic heterocycles. The predicted molar refractivity (Wildman–Crippen MR) is 81.6 cm³/mol. The van der Waals surface area contributed by atoms with Crippen molar-refractivity contribution in [2.24, 2.45) is 0 Å². The molecule has 6 heteroatoms. The maximum absolute atomic E-state index is 9.01. The van der Waals surface area contributed by atoms with Gasteiger partial charge in [0.25, 0.3) is 0 Å². The number of aliphatic hydroxyl groups excluding tert-OH is 1. The average Bonchev–Trinajstić information content (AvgIpc) is 2.38. The van der Waals surface area contributed by atoms with Gasteiger partial charge in [-0.15, -0.1) is 0 Å². The molecule has 2 aromatic carbocycles. The van der Waals surface area contributed by atoms with Gasteiger partial charge in [0.2, 0.25) is 0 Å². The summed E-state index contributed by atoms with van der Waals surface area (Å²) in [6, 6.07) is 8.26. The van der Waals surface area contributed by atoms with Crippen LogP contribution in [0, 0.1) is 0 Å². The Bertz CT molecular complexity index is 617. The smallest absolute Gasteiger partial charge is 0.147 e. The average molecular weight is 382 g/mol. The van der Waals surface area contributed by atoms with Crippen LogP contribution in [-0.4, -0.2) is 5.11 Å². The minimum Gasteiger partial charge on any atom is -0.454 e. The molecule has 0 unspecified atom stereocenters. The quantitative estimate of drug-likeness (QED) is 0.691. The number of ether oxygens (including phenoxy) is 1. The van der Waals surface area contributed by atoms with Crippen LogP contribution in [0.4, 0.5) is 0 Å². The molecule has 0 fully saturated rings. The Labute approximate surface area is 134 Å². The van der Waals surface area contributed by atoms with E-state index in [0.29, 0.717) is 36.6 Å². The monoisotopic (exact) mass is 380 g/mol. The molecule has 1 N–H and O–H groups in total. The van der Waals surface area contributed by atoms with Crippen LogP contribution in [-0.2, 0) is 6.61 Å². The molecule has 0 saturated heterocycles. The molecule has 0 aliphatic carbocycles. The Balaban J connectivity index is 2.33. The first-order chi connectivity index (χ1) is 9.01. The van der Waals surface area contributed by atoms with Gasteiger partial charge in [-0.05, 0) is 39.7 Å². The van der Waals surface area contributed by atoms with Gasteiger partial charge in [0.15, 0.2) is 0 Å². The van der Waals surface area contributed by atoms with Crippen molar-refractivity contribution < 1.29 is 9.84 Å². The molecule has 0 saturated carbocycles. The highest BCUT2D eigenvalue weighted by Gasteiger charge is 2.10. The van der Waals surface area contributed by atoms with E-state index in [4.69, 9.17) is 44.6 Å². The highest BCUT2D eigenvalue weighted by atomic mass is 79.9. The fraction of sp³-hybridized carbons (Fsp3) is 0.0769. The Morgan fingerprint density at radius 3 is 2.26 bits per heavy atom. The largest absolute Gasteiger partial charge is 0.454 e. The third-order valence-electron chi connectivity index (χ3n) is 2.37. The first kappa shape index (κ1) is 14.9. The van der Waals surface area contributed by atoms with Gasteiger partial charge in [-0.3, -0.25) is 0 Å². The van der Waals surface area contributed by atoms with E-state index < -0.39 is 0 Å². The zero-order chi connectivity index (χ0) is 14.0. The van der Waals surface area contributed by atoms with Crippen LogP contribution >= 0.6 is 50.7 Å². The zero-order valence-corrected chi connectivity index (χ0v) is 13.3. The van der Waals surface area contributed by atoms with E-state index in [9.17, 15) is 0 Å². The lowest BCUT2D eigenvalue weighted by molar-refractivity contribution is 0.281. The molecule has 2 rings (SSSR count). The summed E-state index contributed by atoms with van der Waals surface area (Å²) in [4.78, 5) is 0. The van der Waals surface area contributed by atoms with Gasteiger partial charge in [0.1, 0.15) is 11.5 Å². The number of hydrogen-bond donors (Lipinski definition) is 1. The van der Waals surface area contributed by atoms with Crippen molar-refractivity contribution >= 4 is 50.7 Å². The first-order valence-corrected chi connectivity index (χ1v) is 7.15. The maximum atomic E-state index is 9.01. The topological polar surface area (TPSA) is 29.5 Å². The minimum atomic E-state index is -0.0785. The third-order valence-corrected chi connectivity index (χ3v) is 4.16. The summed E-state index contributed by atoms with van der Waals surface area (Å²) in [6.07, 6.45) is 0. The standard InChI is InChI=1S/C13H8BrCl3O2/c14-8-4-11(17)13(5-9(8)15)19-12-2-1-7(6-18)3-10(12)16/h1-5,18H,6H2. The molecule has 2 nitrogen and oxygen atoms in total. The molecule has 0 bridgehead atoms. The van der Waals surface area contributed by atoms with Gasteiger partial charge >= 0.3 is 0 Å². The van der Waals surface area contributed by atoms with Gasteiger partial charge in [-0.1, -0.05) is 40.9 Å². The van der Waals surface area contributed by atoms with E-state index in [-0.39, 0.29) is 6.61 Å². The zero-order valence-electron chi connectivity index (χ0n) is 9.46. The Kier molecular flexibility index (Phi) is 4.98. The van der Waals surface area contributed by atoms with Crippen LogP contribution in [0.5, 0.6) is 11.5 Å². The van der Waals surface area contributed by atoms with E-state index >= 15 is 0 Å². The molecule has 0 aromatic heterocycles. The fourth-order valence-corrected chi connectivity index (χ4v) is 2.50. The maximum Gasteiger partial charge on any atom is 0.147 e. The van der Waals surface area contributed by atoms with Crippen molar-refractivity contribution in [2.75, 3.05) is 0 Å². The number of hydrogen-bond acceptors (Lipinski definition) is 2. The van der Waals surface area contributed by atoms with Crippen molar-refractivity contribution in [3.63, 3.8) is 0 Å². The van der Waals surface area contributed by atoms with Crippen molar-refractivity contribution in [3.05, 3.63) is 55.4 Å². The molecule has 0 spiro atoms. The molecule has 19 heavy (non-hydrogen) atoms. The van der Waals surface area contributed by atoms with Crippen LogP contribution in [0.25, 0.3) is 0 Å². The van der Waals surface area contributed by atoms with E-state index in [0.717, 1.165) is 0 Å². The molecule has 2 aromatic rings. The van der Waals surface area contributed by atoms with Crippen molar-refractivity contribution in [2.45, 2.75) is 6.61 Å². The van der Waals surface area contributed by atoms with E-state index in [1.54, 1.807) is 30.3 Å². The highest BCUT2D eigenvalue weighted by Crippen LogP contribution is 2.38. The van der Waals surface area contributed by atoms with E-state index in [1.165, 1.54) is 0 Å². The molecule has 100 valence electrons. The molecule has 0 radical (unpaired) electrons. The summed E-state index contributed by atoms with van der Waals surface area (Å²) in [5.74, 6) is 0.854. The van der Waals surface area contributed by atoms with Gasteiger partial charge in [-0.25, -0.2) is 0 Å². The fourth-order valence-electron chi connectivity index (χ4n) is 1.43. The number of aliphatic hydroxyl groups is 1. The Hall–Kier alpha value is -0.450. The normalized spacial score (nSPS) is 10.6. The summed E-state index contributed by atoms with van der Waals surface area (Å²) >= 11 is 21.4. The first-order valence-electron chi connectivity index (χ1n) is 5.23. The SMILES string of the molecule is OCc1ccc(Oc2cc(Cl)c(Br)cc2Cl)c(Cl)c1. The lowest BCUT2D eigenvalue weighted by Gasteiger charge is -2.11. The molecular weight excluding hydrogens is 374 g/mol. The molecular formula is C13H8BrCl3O2. The Morgan fingerprint density at radius 2 is 1.63 bits per heavy atom. The van der Waals surface area contributed by atoms with Crippen molar-refractivity contribution in [3.8, 4) is 11.5 Å². The van der Waals surface area contributed by atoms with Gasteiger partial charge < -0.3 is 9.84 Å². The van der Waals surface area contributed by atoms with Gasteiger partial charge in [-0.2, -0.15) is 0 Å². The van der Waals surface area contributed by atoms with E-state index in [1.807, 2.05) is 0 Å². The summed E-state index contributed by atoms with van der Waals surface area (Å²) in [7, 11) is 0. The minimum absolute atomic E-state index is 0.0785. The van der Waals surface area contributed by atoms with E-state index in [2.05, 4.69) is 15.9 Å². The van der Waals surface area contributed by atoms with Crippen LogP contribution < -0.4 is 4.74 Å². The molecule has 0 amide bonds. The number of halogens is 4. The third kappa shape index (κ3) is 3.56. The molecule has 0 atom stereocenters. The second-order valence-corrected chi connectivity index (χ2v) is 5.80. The second-order valence-electron chi connectivity index (χ2n) is 3.72. The molecule has 0 heterocycles. The van der Waals surface area contributed by atoms with Gasteiger partial charge in [0, 0.05) is 10.5 Å². The summed E-state index contributed by atoms with van der Waals surface area (Å²) in [5, 5.41) is 10.3.